The molecule has 0 atom stereocenters. The normalized spacial score (nSPS) is 17.0. The summed E-state index contributed by atoms with van der Waals surface area (Å²) in [6, 6.07) is 4.29. The molecular weight excluding hydrogens is 284 g/mol. The summed E-state index contributed by atoms with van der Waals surface area (Å²) in [4.78, 5) is 2.49. The molecule has 1 saturated heterocycles. The van der Waals surface area contributed by atoms with E-state index in [-0.39, 0.29) is 5.41 Å². The highest BCUT2D eigenvalue weighted by molar-refractivity contribution is 6.32. The van der Waals surface area contributed by atoms with Gasteiger partial charge in [-0.1, -0.05) is 38.4 Å². The number of halogens is 1. The second-order valence-electron chi connectivity index (χ2n) is 6.74. The third-order valence-electron chi connectivity index (χ3n) is 4.10. The first kappa shape index (κ1) is 16.6. The molecule has 1 aromatic carbocycles. The average molecular weight is 311 g/mol. The number of piperazine rings is 1. The van der Waals surface area contributed by atoms with Crippen LogP contribution in [0, 0.1) is 0 Å². The predicted octanol–water partition coefficient (Wildman–Crippen LogP) is 3.09. The monoisotopic (exact) mass is 310 g/mol. The number of hydrogen-bond donors (Lipinski definition) is 1. The first-order valence-electron chi connectivity index (χ1n) is 7.72. The lowest BCUT2D eigenvalue weighted by atomic mass is 9.85. The molecule has 0 spiro atoms. The van der Waals surface area contributed by atoms with Crippen molar-refractivity contribution in [2.24, 2.45) is 0 Å². The van der Waals surface area contributed by atoms with Crippen molar-refractivity contribution in [2.45, 2.75) is 32.6 Å². The van der Waals surface area contributed by atoms with Crippen LogP contribution >= 0.6 is 11.6 Å². The van der Waals surface area contributed by atoms with Gasteiger partial charge < -0.3 is 15.0 Å². The van der Waals surface area contributed by atoms with E-state index >= 15 is 0 Å². The molecule has 0 aromatic heterocycles. The Morgan fingerprint density at radius 2 is 1.90 bits per heavy atom. The Morgan fingerprint density at radius 3 is 2.48 bits per heavy atom. The van der Waals surface area contributed by atoms with Crippen LogP contribution < -0.4 is 10.1 Å². The Bertz CT molecular complexity index is 476. The van der Waals surface area contributed by atoms with Crippen molar-refractivity contribution in [3.05, 3.63) is 28.3 Å². The van der Waals surface area contributed by atoms with Crippen LogP contribution in [0.1, 0.15) is 31.9 Å². The minimum absolute atomic E-state index is 0.0969. The molecule has 1 N–H and O–H groups in total. The number of benzene rings is 1. The van der Waals surface area contributed by atoms with Crippen molar-refractivity contribution < 1.29 is 4.74 Å². The fourth-order valence-corrected chi connectivity index (χ4v) is 3.03. The smallest absolute Gasteiger partial charge is 0.140 e. The highest BCUT2D eigenvalue weighted by Gasteiger charge is 2.19. The fraction of sp³-hybridized carbons (Fsp3) is 0.647. The molecule has 1 heterocycles. The SMILES string of the molecule is COc1c(Cl)cc(C(C)(C)C)cc1CCN1CCNCC1. The first-order chi connectivity index (χ1) is 9.91. The summed E-state index contributed by atoms with van der Waals surface area (Å²) in [7, 11) is 1.70. The summed E-state index contributed by atoms with van der Waals surface area (Å²) in [6.45, 7) is 12.1. The molecule has 21 heavy (non-hydrogen) atoms. The Hall–Kier alpha value is -0.770. The van der Waals surface area contributed by atoms with Crippen LogP contribution in [-0.4, -0.2) is 44.7 Å². The number of ether oxygens (including phenoxy) is 1. The van der Waals surface area contributed by atoms with E-state index in [9.17, 15) is 0 Å². The van der Waals surface area contributed by atoms with Crippen molar-refractivity contribution in [3.63, 3.8) is 0 Å². The second kappa shape index (κ2) is 6.99. The molecule has 3 nitrogen and oxygen atoms in total. The maximum absolute atomic E-state index is 6.41. The maximum Gasteiger partial charge on any atom is 0.140 e. The third kappa shape index (κ3) is 4.35. The van der Waals surface area contributed by atoms with E-state index < -0.39 is 0 Å². The summed E-state index contributed by atoms with van der Waals surface area (Å²) in [5.41, 5.74) is 2.58. The summed E-state index contributed by atoms with van der Waals surface area (Å²) >= 11 is 6.41. The van der Waals surface area contributed by atoms with Gasteiger partial charge in [-0.3, -0.25) is 0 Å². The van der Waals surface area contributed by atoms with Gasteiger partial charge in [0.25, 0.3) is 0 Å². The van der Waals surface area contributed by atoms with Gasteiger partial charge >= 0.3 is 0 Å². The topological polar surface area (TPSA) is 24.5 Å². The zero-order chi connectivity index (χ0) is 15.5. The Balaban J connectivity index is 2.17. The summed E-state index contributed by atoms with van der Waals surface area (Å²) in [6.07, 6.45) is 0.979. The summed E-state index contributed by atoms with van der Waals surface area (Å²) < 4.78 is 5.52. The molecule has 0 aliphatic carbocycles. The molecule has 0 bridgehead atoms. The van der Waals surface area contributed by atoms with Crippen molar-refractivity contribution in [1.82, 2.24) is 10.2 Å². The number of nitrogens with one attached hydrogen (secondary N) is 1. The molecule has 0 saturated carbocycles. The van der Waals surface area contributed by atoms with Gasteiger partial charge in [0.1, 0.15) is 5.75 Å². The van der Waals surface area contributed by atoms with Crippen LogP contribution in [0.4, 0.5) is 0 Å². The van der Waals surface area contributed by atoms with E-state index in [1.54, 1.807) is 7.11 Å². The highest BCUT2D eigenvalue weighted by Crippen LogP contribution is 2.35. The van der Waals surface area contributed by atoms with Gasteiger partial charge in [-0.25, -0.2) is 0 Å². The minimum atomic E-state index is 0.0969. The minimum Gasteiger partial charge on any atom is -0.495 e. The quantitative estimate of drug-likeness (QED) is 0.925. The van der Waals surface area contributed by atoms with Crippen LogP contribution in [0.15, 0.2) is 12.1 Å². The van der Waals surface area contributed by atoms with Crippen molar-refractivity contribution >= 4 is 11.6 Å². The molecule has 1 fully saturated rings. The average Bonchev–Trinajstić information content (AvgIpc) is 2.44. The van der Waals surface area contributed by atoms with E-state index in [4.69, 9.17) is 16.3 Å². The lowest BCUT2D eigenvalue weighted by molar-refractivity contribution is 0.243. The Morgan fingerprint density at radius 1 is 1.24 bits per heavy atom. The standard InChI is InChI=1S/C17H27ClN2O/c1-17(2,3)14-11-13(16(21-4)15(18)12-14)5-8-20-9-6-19-7-10-20/h11-12,19H,5-10H2,1-4H3. The number of hydrogen-bond acceptors (Lipinski definition) is 3. The van der Waals surface area contributed by atoms with E-state index in [0.29, 0.717) is 0 Å². The second-order valence-corrected chi connectivity index (χ2v) is 7.15. The van der Waals surface area contributed by atoms with E-state index in [0.717, 1.165) is 49.9 Å². The molecule has 0 unspecified atom stereocenters. The molecule has 0 radical (unpaired) electrons. The largest absolute Gasteiger partial charge is 0.495 e. The van der Waals surface area contributed by atoms with Gasteiger partial charge in [-0.15, -0.1) is 0 Å². The van der Waals surface area contributed by atoms with Crippen LogP contribution in [0.3, 0.4) is 0 Å². The first-order valence-corrected chi connectivity index (χ1v) is 8.09. The summed E-state index contributed by atoms with van der Waals surface area (Å²) in [5, 5.41) is 4.11. The van der Waals surface area contributed by atoms with Gasteiger partial charge in [0.15, 0.2) is 0 Å². The Labute approximate surface area is 133 Å². The van der Waals surface area contributed by atoms with Gasteiger partial charge in [0.2, 0.25) is 0 Å². The van der Waals surface area contributed by atoms with Crippen LogP contribution in [0.25, 0.3) is 0 Å². The molecule has 0 amide bonds. The zero-order valence-electron chi connectivity index (χ0n) is 13.6. The van der Waals surface area contributed by atoms with Crippen molar-refractivity contribution in [1.29, 1.82) is 0 Å². The lowest BCUT2D eigenvalue weighted by Crippen LogP contribution is -2.44. The van der Waals surface area contributed by atoms with Gasteiger partial charge in [-0.2, -0.15) is 0 Å². The molecule has 4 heteroatoms. The van der Waals surface area contributed by atoms with Gasteiger partial charge in [0, 0.05) is 32.7 Å². The number of nitrogens with zero attached hydrogens (tertiary/aromatic N) is 1. The highest BCUT2D eigenvalue weighted by atomic mass is 35.5. The molecule has 1 aromatic rings. The maximum atomic E-state index is 6.41. The van der Waals surface area contributed by atoms with E-state index in [1.807, 2.05) is 6.07 Å². The molecule has 2 rings (SSSR count). The van der Waals surface area contributed by atoms with Gasteiger partial charge in [0.05, 0.1) is 12.1 Å². The van der Waals surface area contributed by atoms with Crippen LogP contribution in [0.2, 0.25) is 5.02 Å². The van der Waals surface area contributed by atoms with E-state index in [2.05, 4.69) is 37.1 Å². The molecule has 118 valence electrons. The molecule has 1 aliphatic rings. The molecule has 1 aliphatic heterocycles. The third-order valence-corrected chi connectivity index (χ3v) is 4.38. The van der Waals surface area contributed by atoms with Gasteiger partial charge in [-0.05, 0) is 29.0 Å². The van der Waals surface area contributed by atoms with Crippen molar-refractivity contribution in [2.75, 3.05) is 39.8 Å². The Kier molecular flexibility index (Phi) is 5.53. The molecular formula is C17H27ClN2O. The lowest BCUT2D eigenvalue weighted by Gasteiger charge is -2.28. The zero-order valence-corrected chi connectivity index (χ0v) is 14.4. The van der Waals surface area contributed by atoms with Crippen molar-refractivity contribution in [3.8, 4) is 5.75 Å². The van der Waals surface area contributed by atoms with Crippen LogP contribution in [0.5, 0.6) is 5.75 Å². The predicted molar refractivity (Wildman–Crippen MR) is 89.7 cm³/mol. The number of methoxy groups -OCH3 is 1. The summed E-state index contributed by atoms with van der Waals surface area (Å²) in [5.74, 6) is 0.833. The number of rotatable bonds is 4. The van der Waals surface area contributed by atoms with Crippen LogP contribution in [-0.2, 0) is 11.8 Å². The van der Waals surface area contributed by atoms with E-state index in [1.165, 1.54) is 11.1 Å². The fourth-order valence-electron chi connectivity index (χ4n) is 2.71.